The molecule has 2 amide bonds. The second-order valence-electron chi connectivity index (χ2n) is 7.65. The Morgan fingerprint density at radius 3 is 2.71 bits per heavy atom. The Morgan fingerprint density at radius 1 is 1.21 bits per heavy atom. The van der Waals surface area contributed by atoms with E-state index in [4.69, 9.17) is 9.26 Å². The van der Waals surface area contributed by atoms with E-state index in [1.54, 1.807) is 37.3 Å². The third kappa shape index (κ3) is 5.25. The number of urea groups is 1. The minimum absolute atomic E-state index is 0.157. The molecule has 182 valence electrons. The molecule has 3 aromatic rings. The molecule has 0 radical (unpaired) electrons. The van der Waals surface area contributed by atoms with Crippen LogP contribution in [0.1, 0.15) is 18.7 Å². The van der Waals surface area contributed by atoms with Crippen molar-refractivity contribution in [1.29, 1.82) is 0 Å². The quantitative estimate of drug-likeness (QED) is 0.284. The fourth-order valence-corrected chi connectivity index (χ4v) is 4.73. The molecular formula is C20H25N6O7P. The van der Waals surface area contributed by atoms with Crippen molar-refractivity contribution in [2.24, 2.45) is 0 Å². The van der Waals surface area contributed by atoms with Crippen LogP contribution in [-0.4, -0.2) is 72.1 Å². The van der Waals surface area contributed by atoms with Crippen LogP contribution in [0.25, 0.3) is 11.2 Å². The van der Waals surface area contributed by atoms with E-state index in [0.29, 0.717) is 12.1 Å². The van der Waals surface area contributed by atoms with Gasteiger partial charge in [-0.3, -0.25) is 14.4 Å². The molecule has 34 heavy (non-hydrogen) atoms. The Bertz CT molecular complexity index is 1190. The van der Waals surface area contributed by atoms with Crippen LogP contribution in [0.15, 0.2) is 43.0 Å². The summed E-state index contributed by atoms with van der Waals surface area (Å²) < 4.78 is 24.8. The van der Waals surface area contributed by atoms with E-state index in [1.807, 2.05) is 0 Å². The molecule has 5 N–H and O–H groups in total. The van der Waals surface area contributed by atoms with Gasteiger partial charge in [0.1, 0.15) is 24.6 Å². The van der Waals surface area contributed by atoms with Gasteiger partial charge in [0.05, 0.1) is 19.1 Å². The number of aliphatic hydroxyl groups excluding tert-OH is 2. The second-order valence-corrected chi connectivity index (χ2v) is 9.50. The molecule has 5 atom stereocenters. The van der Waals surface area contributed by atoms with Gasteiger partial charge in [-0.2, -0.15) is 0 Å². The largest absolute Gasteiger partial charge is 0.387 e. The van der Waals surface area contributed by atoms with Gasteiger partial charge in [0.2, 0.25) is 0 Å². The van der Waals surface area contributed by atoms with E-state index < -0.39 is 44.8 Å². The van der Waals surface area contributed by atoms with Crippen LogP contribution in [0.2, 0.25) is 0 Å². The number of benzene rings is 1. The summed E-state index contributed by atoms with van der Waals surface area (Å²) >= 11 is 0. The third-order valence-corrected chi connectivity index (χ3v) is 6.52. The van der Waals surface area contributed by atoms with Crippen molar-refractivity contribution in [3.05, 3.63) is 48.5 Å². The molecule has 0 saturated carbocycles. The molecule has 1 aromatic carbocycles. The van der Waals surface area contributed by atoms with Gasteiger partial charge in [-0.15, -0.1) is 0 Å². The molecule has 1 aliphatic heterocycles. The summed E-state index contributed by atoms with van der Waals surface area (Å²) in [7, 11) is -4.02. The van der Waals surface area contributed by atoms with Crippen molar-refractivity contribution in [2.45, 2.75) is 37.6 Å². The number of hydrogen-bond acceptors (Lipinski definition) is 9. The predicted octanol–water partition coefficient (Wildman–Crippen LogP) is 0.989. The number of aliphatic hydroxyl groups is 2. The van der Waals surface area contributed by atoms with Crippen LogP contribution in [0, 0.1) is 0 Å². The smallest absolute Gasteiger partial charge is 0.332 e. The molecular weight excluding hydrogens is 467 g/mol. The number of carbonyl (C=O) groups excluding carboxylic acids is 1. The third-order valence-electron chi connectivity index (χ3n) is 5.21. The topological polar surface area (TPSA) is 181 Å². The number of nitrogens with one attached hydrogen (secondary N) is 2. The van der Waals surface area contributed by atoms with Crippen LogP contribution in [0.4, 0.5) is 10.6 Å². The average molecular weight is 492 g/mol. The highest BCUT2D eigenvalue weighted by Crippen LogP contribution is 2.46. The fraction of sp³-hybridized carbons (Fsp3) is 0.400. The van der Waals surface area contributed by atoms with E-state index in [9.17, 15) is 24.5 Å². The van der Waals surface area contributed by atoms with Crippen LogP contribution in [0.5, 0.6) is 0 Å². The van der Waals surface area contributed by atoms with Crippen LogP contribution >= 0.6 is 7.60 Å². The van der Waals surface area contributed by atoms with Gasteiger partial charge in [0.15, 0.2) is 23.2 Å². The fourth-order valence-electron chi connectivity index (χ4n) is 3.59. The van der Waals surface area contributed by atoms with Gasteiger partial charge in [-0.1, -0.05) is 30.3 Å². The number of hydrogen-bond donors (Lipinski definition) is 5. The van der Waals surface area contributed by atoms with Crippen molar-refractivity contribution in [2.75, 3.05) is 18.5 Å². The number of nitrogens with zero attached hydrogens (tertiary/aromatic N) is 4. The summed E-state index contributed by atoms with van der Waals surface area (Å²) in [5.74, 6) is 0.157. The van der Waals surface area contributed by atoms with E-state index in [1.165, 1.54) is 17.2 Å². The Kier molecular flexibility index (Phi) is 7.22. The van der Waals surface area contributed by atoms with E-state index >= 15 is 0 Å². The summed E-state index contributed by atoms with van der Waals surface area (Å²) in [5, 5.41) is 26.2. The maximum absolute atomic E-state index is 12.4. The van der Waals surface area contributed by atoms with Gasteiger partial charge in [-0.25, -0.2) is 19.7 Å². The lowest BCUT2D eigenvalue weighted by atomic mass is 10.1. The molecule has 1 aliphatic rings. The first-order valence-electron chi connectivity index (χ1n) is 10.5. The number of aromatic nitrogens is 4. The maximum Gasteiger partial charge on any atom is 0.332 e. The molecule has 2 unspecified atom stereocenters. The standard InChI is InChI=1S/C20H25N6O7P/c1-2-21-20(29)25-17-14-18(23-10-22-17)26(11-24-14)19-16(28)15(27)13(33-19)8-32-34(30,31)9-12-6-4-3-5-7-12/h3-7,10-11,13,15-16,19,27-28H,2,8-9H2,1H3,(H,30,31)(H2,21,22,23,25,29)/t13-,15?,16+,19-/m1/s1. The van der Waals surface area contributed by atoms with Crippen molar-refractivity contribution in [1.82, 2.24) is 24.8 Å². The van der Waals surface area contributed by atoms with Crippen molar-refractivity contribution in [3.8, 4) is 0 Å². The Hall–Kier alpha value is -2.93. The highest BCUT2D eigenvalue weighted by Gasteiger charge is 2.45. The number of ether oxygens (including phenoxy) is 1. The number of carbonyl (C=O) groups is 1. The van der Waals surface area contributed by atoms with E-state index in [2.05, 4.69) is 25.6 Å². The molecule has 3 heterocycles. The zero-order chi connectivity index (χ0) is 24.3. The number of amides is 2. The van der Waals surface area contributed by atoms with Gasteiger partial charge in [0.25, 0.3) is 0 Å². The molecule has 4 rings (SSSR count). The van der Waals surface area contributed by atoms with Gasteiger partial charge < -0.3 is 29.7 Å². The van der Waals surface area contributed by atoms with Crippen LogP contribution < -0.4 is 10.6 Å². The number of imidazole rings is 1. The van der Waals surface area contributed by atoms with Gasteiger partial charge >= 0.3 is 13.6 Å². The minimum atomic E-state index is -4.02. The van der Waals surface area contributed by atoms with Gasteiger partial charge in [0, 0.05) is 6.54 Å². The van der Waals surface area contributed by atoms with Crippen LogP contribution in [0.3, 0.4) is 0 Å². The lowest BCUT2D eigenvalue weighted by Gasteiger charge is -2.18. The minimum Gasteiger partial charge on any atom is -0.387 e. The average Bonchev–Trinajstić information content (AvgIpc) is 3.35. The zero-order valence-electron chi connectivity index (χ0n) is 18.2. The van der Waals surface area contributed by atoms with E-state index in [-0.39, 0.29) is 23.1 Å². The maximum atomic E-state index is 12.4. The highest BCUT2D eigenvalue weighted by molar-refractivity contribution is 7.51. The molecule has 14 heteroatoms. The Labute approximate surface area is 194 Å². The van der Waals surface area contributed by atoms with Gasteiger partial charge in [-0.05, 0) is 12.5 Å². The highest BCUT2D eigenvalue weighted by atomic mass is 31.2. The van der Waals surface area contributed by atoms with E-state index in [0.717, 1.165) is 0 Å². The number of anilines is 1. The molecule has 2 aromatic heterocycles. The molecule has 0 spiro atoms. The van der Waals surface area contributed by atoms with Crippen molar-refractivity contribution < 1.29 is 33.7 Å². The van der Waals surface area contributed by atoms with Crippen molar-refractivity contribution >= 4 is 30.6 Å². The lowest BCUT2D eigenvalue weighted by molar-refractivity contribution is -0.0485. The Morgan fingerprint density at radius 2 is 1.97 bits per heavy atom. The van der Waals surface area contributed by atoms with Crippen molar-refractivity contribution in [3.63, 3.8) is 0 Å². The SMILES string of the molecule is CCNC(=O)Nc1ncnc2c1ncn2[C@@H]1O[C@H](COP(=O)(O)Cc2ccccc2)C(O)[C@@H]1O. The molecule has 1 saturated heterocycles. The summed E-state index contributed by atoms with van der Waals surface area (Å²) in [6.45, 7) is 1.77. The summed E-state index contributed by atoms with van der Waals surface area (Å²) in [6.07, 6.45) is -2.63. The molecule has 0 bridgehead atoms. The first-order chi connectivity index (χ1) is 16.3. The Balaban J connectivity index is 1.46. The molecule has 1 fully saturated rings. The summed E-state index contributed by atoms with van der Waals surface area (Å²) in [6, 6.07) is 8.22. The monoisotopic (exact) mass is 492 g/mol. The summed E-state index contributed by atoms with van der Waals surface area (Å²) in [5.41, 5.74) is 1.12. The number of fused-ring (bicyclic) bond motifs is 1. The second kappa shape index (κ2) is 10.1. The predicted molar refractivity (Wildman–Crippen MR) is 120 cm³/mol. The lowest BCUT2D eigenvalue weighted by Crippen LogP contribution is -2.33. The first kappa shape index (κ1) is 24.2. The molecule has 13 nitrogen and oxygen atoms in total. The summed E-state index contributed by atoms with van der Waals surface area (Å²) in [4.78, 5) is 34.4. The van der Waals surface area contributed by atoms with Crippen LogP contribution in [-0.2, 0) is 20.0 Å². The normalized spacial score (nSPS) is 24.1. The number of rotatable bonds is 8. The molecule has 0 aliphatic carbocycles. The zero-order valence-corrected chi connectivity index (χ0v) is 19.1. The first-order valence-corrected chi connectivity index (χ1v) is 12.3.